The Morgan fingerprint density at radius 3 is 2.64 bits per heavy atom. The quantitative estimate of drug-likeness (QED) is 0.568. The Bertz CT molecular complexity index is 374. The highest BCUT2D eigenvalue weighted by molar-refractivity contribution is 8.03. The van der Waals surface area contributed by atoms with Crippen molar-refractivity contribution in [2.45, 2.75) is 0 Å². The lowest BCUT2D eigenvalue weighted by Gasteiger charge is -1.98. The Balaban J connectivity index is 3.08. The lowest BCUT2D eigenvalue weighted by Crippen LogP contribution is -1.86. The van der Waals surface area contributed by atoms with Gasteiger partial charge in [0, 0.05) is 16.5 Å². The SMILES string of the molecule is CS/C(C=O)=C\c1ccc(F)cc1F. The molecule has 0 atom stereocenters. The van der Waals surface area contributed by atoms with Gasteiger partial charge >= 0.3 is 0 Å². The summed E-state index contributed by atoms with van der Waals surface area (Å²) in [4.78, 5) is 10.8. The number of benzene rings is 1. The van der Waals surface area contributed by atoms with Crippen molar-refractivity contribution >= 4 is 24.1 Å². The predicted octanol–water partition coefficient (Wildman–Crippen LogP) is 2.87. The molecule has 1 aromatic rings. The molecule has 0 saturated heterocycles. The minimum atomic E-state index is -0.668. The molecule has 74 valence electrons. The molecule has 1 nitrogen and oxygen atoms in total. The van der Waals surface area contributed by atoms with Crippen LogP contribution in [0.25, 0.3) is 6.08 Å². The Morgan fingerprint density at radius 1 is 1.43 bits per heavy atom. The number of halogens is 2. The Morgan fingerprint density at radius 2 is 2.14 bits per heavy atom. The number of allylic oxidation sites excluding steroid dienone is 1. The summed E-state index contributed by atoms with van der Waals surface area (Å²) in [5.41, 5.74) is 0.211. The van der Waals surface area contributed by atoms with Gasteiger partial charge in [0.25, 0.3) is 0 Å². The van der Waals surface area contributed by atoms with Crippen LogP contribution in [0, 0.1) is 11.6 Å². The van der Waals surface area contributed by atoms with Crippen molar-refractivity contribution in [3.63, 3.8) is 0 Å². The van der Waals surface area contributed by atoms with Crippen molar-refractivity contribution < 1.29 is 13.6 Å². The maximum atomic E-state index is 13.1. The normalized spacial score (nSPS) is 11.5. The fourth-order valence-electron chi connectivity index (χ4n) is 0.913. The van der Waals surface area contributed by atoms with Crippen LogP contribution in [0.15, 0.2) is 23.1 Å². The van der Waals surface area contributed by atoms with E-state index in [2.05, 4.69) is 0 Å². The third-order valence-corrected chi connectivity index (χ3v) is 2.30. The Hall–Kier alpha value is -1.16. The maximum Gasteiger partial charge on any atom is 0.156 e. The van der Waals surface area contributed by atoms with Gasteiger partial charge in [0.2, 0.25) is 0 Å². The van der Waals surface area contributed by atoms with Gasteiger partial charge in [-0.2, -0.15) is 0 Å². The van der Waals surface area contributed by atoms with Crippen LogP contribution in [-0.2, 0) is 4.79 Å². The van der Waals surface area contributed by atoms with Crippen molar-refractivity contribution in [1.29, 1.82) is 0 Å². The summed E-state index contributed by atoms with van der Waals surface area (Å²) >= 11 is 1.21. The van der Waals surface area contributed by atoms with Gasteiger partial charge in [-0.3, -0.25) is 4.79 Å². The molecule has 0 amide bonds. The summed E-state index contributed by atoms with van der Waals surface area (Å²) in [6, 6.07) is 3.23. The summed E-state index contributed by atoms with van der Waals surface area (Å²) < 4.78 is 25.6. The molecular formula is C10H8F2OS. The summed E-state index contributed by atoms with van der Waals surface area (Å²) in [6.45, 7) is 0. The molecule has 0 aliphatic carbocycles. The van der Waals surface area contributed by atoms with Crippen molar-refractivity contribution in [3.05, 3.63) is 40.3 Å². The van der Waals surface area contributed by atoms with Crippen LogP contribution >= 0.6 is 11.8 Å². The zero-order valence-electron chi connectivity index (χ0n) is 7.46. The molecule has 0 spiro atoms. The predicted molar refractivity (Wildman–Crippen MR) is 53.9 cm³/mol. The summed E-state index contributed by atoms with van der Waals surface area (Å²) in [5, 5.41) is 0. The highest BCUT2D eigenvalue weighted by atomic mass is 32.2. The first-order valence-electron chi connectivity index (χ1n) is 3.83. The van der Waals surface area contributed by atoms with Gasteiger partial charge in [-0.1, -0.05) is 0 Å². The molecule has 0 aromatic heterocycles. The van der Waals surface area contributed by atoms with Crippen LogP contribution in [0.4, 0.5) is 8.78 Å². The van der Waals surface area contributed by atoms with Gasteiger partial charge < -0.3 is 0 Å². The molecule has 0 unspecified atom stereocenters. The molecule has 0 fully saturated rings. The van der Waals surface area contributed by atoms with Crippen LogP contribution in [0.3, 0.4) is 0 Å². The topological polar surface area (TPSA) is 17.1 Å². The molecule has 0 radical (unpaired) electrons. The first-order valence-corrected chi connectivity index (χ1v) is 5.05. The molecule has 0 saturated carbocycles. The zero-order chi connectivity index (χ0) is 10.6. The lowest BCUT2D eigenvalue weighted by atomic mass is 10.2. The molecule has 0 aliphatic heterocycles. The fraction of sp³-hybridized carbons (Fsp3) is 0.100. The molecular weight excluding hydrogens is 206 g/mol. The van der Waals surface area contributed by atoms with Gasteiger partial charge in [0.15, 0.2) is 6.29 Å². The van der Waals surface area contributed by atoms with E-state index in [0.29, 0.717) is 11.2 Å². The molecule has 0 aliphatic rings. The number of hydrogen-bond acceptors (Lipinski definition) is 2. The van der Waals surface area contributed by atoms with E-state index in [0.717, 1.165) is 12.1 Å². The first kappa shape index (κ1) is 10.9. The van der Waals surface area contributed by atoms with Crippen LogP contribution in [0.2, 0.25) is 0 Å². The first-order chi connectivity index (χ1) is 6.67. The largest absolute Gasteiger partial charge is 0.297 e. The minimum absolute atomic E-state index is 0.211. The van der Waals surface area contributed by atoms with E-state index in [1.54, 1.807) is 6.26 Å². The number of rotatable bonds is 3. The fourth-order valence-corrected chi connectivity index (χ4v) is 1.25. The van der Waals surface area contributed by atoms with Crippen LogP contribution in [0.5, 0.6) is 0 Å². The van der Waals surface area contributed by atoms with Gasteiger partial charge in [-0.25, -0.2) is 8.78 Å². The lowest BCUT2D eigenvalue weighted by molar-refractivity contribution is -0.104. The summed E-state index contributed by atoms with van der Waals surface area (Å²) in [6.07, 6.45) is 3.72. The van der Waals surface area contributed by atoms with Crippen molar-refractivity contribution in [2.75, 3.05) is 6.26 Å². The van der Waals surface area contributed by atoms with Gasteiger partial charge in [0.1, 0.15) is 11.6 Å². The van der Waals surface area contributed by atoms with E-state index in [1.807, 2.05) is 0 Å². The molecule has 0 bridgehead atoms. The van der Waals surface area contributed by atoms with Crippen LogP contribution < -0.4 is 0 Å². The molecule has 0 N–H and O–H groups in total. The van der Waals surface area contributed by atoms with E-state index in [-0.39, 0.29) is 5.56 Å². The number of aldehydes is 1. The highest BCUT2D eigenvalue weighted by Crippen LogP contribution is 2.17. The molecule has 1 aromatic carbocycles. The smallest absolute Gasteiger partial charge is 0.156 e. The average molecular weight is 214 g/mol. The Labute approximate surface area is 84.8 Å². The van der Waals surface area contributed by atoms with Gasteiger partial charge in [-0.15, -0.1) is 11.8 Å². The molecule has 1 rings (SSSR count). The van der Waals surface area contributed by atoms with E-state index in [1.165, 1.54) is 23.9 Å². The zero-order valence-corrected chi connectivity index (χ0v) is 8.28. The van der Waals surface area contributed by atoms with Gasteiger partial charge in [-0.05, 0) is 24.5 Å². The van der Waals surface area contributed by atoms with Crippen LogP contribution in [0.1, 0.15) is 5.56 Å². The summed E-state index contributed by atoms with van der Waals surface area (Å²) in [5.74, 6) is -1.30. The van der Waals surface area contributed by atoms with Crippen LogP contribution in [-0.4, -0.2) is 12.5 Å². The number of thioether (sulfide) groups is 1. The highest BCUT2D eigenvalue weighted by Gasteiger charge is 2.02. The van der Waals surface area contributed by atoms with E-state index in [4.69, 9.17) is 0 Å². The second-order valence-electron chi connectivity index (χ2n) is 2.53. The third kappa shape index (κ3) is 2.67. The second kappa shape index (κ2) is 4.91. The minimum Gasteiger partial charge on any atom is -0.297 e. The average Bonchev–Trinajstić information content (AvgIpc) is 2.17. The number of hydrogen-bond donors (Lipinski definition) is 0. The molecule has 14 heavy (non-hydrogen) atoms. The van der Waals surface area contributed by atoms with E-state index >= 15 is 0 Å². The number of carbonyl (C=O) groups excluding carboxylic acids is 1. The van der Waals surface area contributed by atoms with Crippen molar-refractivity contribution in [1.82, 2.24) is 0 Å². The van der Waals surface area contributed by atoms with E-state index < -0.39 is 11.6 Å². The van der Waals surface area contributed by atoms with Crippen molar-refractivity contribution in [3.8, 4) is 0 Å². The standard InChI is InChI=1S/C10H8F2OS/c1-14-9(6-13)4-7-2-3-8(11)5-10(7)12/h2-6H,1H3/b9-4-. The monoisotopic (exact) mass is 214 g/mol. The second-order valence-corrected chi connectivity index (χ2v) is 3.41. The Kier molecular flexibility index (Phi) is 3.83. The molecule has 4 heteroatoms. The third-order valence-electron chi connectivity index (χ3n) is 1.61. The summed E-state index contributed by atoms with van der Waals surface area (Å²) in [7, 11) is 0. The van der Waals surface area contributed by atoms with E-state index in [9.17, 15) is 13.6 Å². The van der Waals surface area contributed by atoms with Gasteiger partial charge in [0.05, 0.1) is 0 Å². The molecule has 0 heterocycles. The maximum absolute atomic E-state index is 13.1. The van der Waals surface area contributed by atoms with Crippen molar-refractivity contribution in [2.24, 2.45) is 0 Å². The number of carbonyl (C=O) groups is 1.